The number of nitrogens with one attached hydrogen (secondary N) is 1. The SMILES string of the molecule is CCOc1ccc(CNCC(C)OCC)cc1OC. The zero-order valence-corrected chi connectivity index (χ0v) is 12.4. The number of methoxy groups -OCH3 is 1. The van der Waals surface area contributed by atoms with Gasteiger partial charge in [-0.05, 0) is 38.5 Å². The van der Waals surface area contributed by atoms with Crippen LogP contribution in [0.15, 0.2) is 18.2 Å². The molecule has 0 aliphatic rings. The zero-order valence-electron chi connectivity index (χ0n) is 12.4. The molecule has 1 aromatic rings. The van der Waals surface area contributed by atoms with E-state index in [-0.39, 0.29) is 6.10 Å². The molecule has 1 rings (SSSR count). The second-order valence-corrected chi connectivity index (χ2v) is 4.32. The molecular formula is C15H25NO3. The Balaban J connectivity index is 2.50. The molecule has 4 nitrogen and oxygen atoms in total. The second-order valence-electron chi connectivity index (χ2n) is 4.32. The van der Waals surface area contributed by atoms with Crippen LogP contribution in [0.25, 0.3) is 0 Å². The summed E-state index contributed by atoms with van der Waals surface area (Å²) in [6, 6.07) is 6.00. The highest BCUT2D eigenvalue weighted by Crippen LogP contribution is 2.27. The van der Waals surface area contributed by atoms with Crippen LogP contribution in [-0.4, -0.2) is 33.0 Å². The molecule has 0 radical (unpaired) electrons. The lowest BCUT2D eigenvalue weighted by Gasteiger charge is -2.14. The molecule has 0 saturated heterocycles. The first-order valence-electron chi connectivity index (χ1n) is 6.83. The second kappa shape index (κ2) is 8.77. The van der Waals surface area contributed by atoms with E-state index in [9.17, 15) is 0 Å². The van der Waals surface area contributed by atoms with Crippen molar-refractivity contribution in [2.24, 2.45) is 0 Å². The maximum atomic E-state index is 5.49. The van der Waals surface area contributed by atoms with Crippen LogP contribution in [-0.2, 0) is 11.3 Å². The van der Waals surface area contributed by atoms with Gasteiger partial charge >= 0.3 is 0 Å². The molecule has 0 aromatic heterocycles. The quantitative estimate of drug-likeness (QED) is 0.746. The molecule has 1 atom stereocenters. The fraction of sp³-hybridized carbons (Fsp3) is 0.600. The minimum Gasteiger partial charge on any atom is -0.493 e. The number of hydrogen-bond donors (Lipinski definition) is 1. The standard InChI is InChI=1S/C15H25NO3/c1-5-18-12(3)10-16-11-13-7-8-14(19-6-2)15(9-13)17-4/h7-9,12,16H,5-6,10-11H2,1-4H3. The third kappa shape index (κ3) is 5.49. The van der Waals surface area contributed by atoms with E-state index in [4.69, 9.17) is 14.2 Å². The fourth-order valence-corrected chi connectivity index (χ4v) is 1.86. The third-order valence-corrected chi connectivity index (χ3v) is 2.74. The molecular weight excluding hydrogens is 242 g/mol. The molecule has 1 aromatic carbocycles. The molecule has 0 spiro atoms. The van der Waals surface area contributed by atoms with E-state index in [1.165, 1.54) is 5.56 Å². The molecule has 0 saturated carbocycles. The maximum absolute atomic E-state index is 5.49. The van der Waals surface area contributed by atoms with Crippen molar-refractivity contribution in [2.75, 3.05) is 26.9 Å². The Morgan fingerprint density at radius 2 is 1.95 bits per heavy atom. The molecule has 0 aliphatic heterocycles. The predicted molar refractivity (Wildman–Crippen MR) is 77.0 cm³/mol. The molecule has 0 bridgehead atoms. The Morgan fingerprint density at radius 3 is 2.58 bits per heavy atom. The minimum atomic E-state index is 0.231. The monoisotopic (exact) mass is 267 g/mol. The van der Waals surface area contributed by atoms with Crippen LogP contribution in [0.3, 0.4) is 0 Å². The van der Waals surface area contributed by atoms with Crippen molar-refractivity contribution in [1.82, 2.24) is 5.32 Å². The molecule has 1 N–H and O–H groups in total. The van der Waals surface area contributed by atoms with E-state index in [1.54, 1.807) is 7.11 Å². The first-order valence-corrected chi connectivity index (χ1v) is 6.83. The average Bonchev–Trinajstić information content (AvgIpc) is 2.41. The van der Waals surface area contributed by atoms with Crippen molar-refractivity contribution in [2.45, 2.75) is 33.4 Å². The van der Waals surface area contributed by atoms with Crippen molar-refractivity contribution < 1.29 is 14.2 Å². The lowest BCUT2D eigenvalue weighted by Crippen LogP contribution is -2.26. The molecule has 4 heteroatoms. The van der Waals surface area contributed by atoms with Crippen LogP contribution < -0.4 is 14.8 Å². The van der Waals surface area contributed by atoms with Crippen molar-refractivity contribution in [3.63, 3.8) is 0 Å². The van der Waals surface area contributed by atoms with Gasteiger partial charge < -0.3 is 19.5 Å². The Bertz CT molecular complexity index is 368. The summed E-state index contributed by atoms with van der Waals surface area (Å²) >= 11 is 0. The highest BCUT2D eigenvalue weighted by atomic mass is 16.5. The normalized spacial score (nSPS) is 12.2. The predicted octanol–water partition coefficient (Wildman–Crippen LogP) is 2.61. The van der Waals surface area contributed by atoms with Gasteiger partial charge in [0.05, 0.1) is 19.8 Å². The van der Waals surface area contributed by atoms with Crippen LogP contribution in [0, 0.1) is 0 Å². The van der Waals surface area contributed by atoms with Crippen LogP contribution >= 0.6 is 0 Å². The first kappa shape index (κ1) is 15.8. The Kier molecular flexibility index (Phi) is 7.30. The average molecular weight is 267 g/mol. The van der Waals surface area contributed by atoms with E-state index >= 15 is 0 Å². The summed E-state index contributed by atoms with van der Waals surface area (Å²) in [6.07, 6.45) is 0.231. The van der Waals surface area contributed by atoms with Gasteiger partial charge in [0.15, 0.2) is 11.5 Å². The van der Waals surface area contributed by atoms with Gasteiger partial charge in [-0.1, -0.05) is 6.07 Å². The lowest BCUT2D eigenvalue weighted by atomic mass is 10.2. The smallest absolute Gasteiger partial charge is 0.161 e. The van der Waals surface area contributed by atoms with Crippen LogP contribution in [0.2, 0.25) is 0 Å². The lowest BCUT2D eigenvalue weighted by molar-refractivity contribution is 0.0759. The van der Waals surface area contributed by atoms with Gasteiger partial charge in [-0.3, -0.25) is 0 Å². The molecule has 19 heavy (non-hydrogen) atoms. The van der Waals surface area contributed by atoms with Crippen molar-refractivity contribution >= 4 is 0 Å². The summed E-state index contributed by atoms with van der Waals surface area (Å²) in [4.78, 5) is 0. The van der Waals surface area contributed by atoms with E-state index in [1.807, 2.05) is 32.0 Å². The van der Waals surface area contributed by atoms with E-state index in [2.05, 4.69) is 12.2 Å². The maximum Gasteiger partial charge on any atom is 0.161 e. The molecule has 1 unspecified atom stereocenters. The van der Waals surface area contributed by atoms with E-state index < -0.39 is 0 Å². The number of benzene rings is 1. The Morgan fingerprint density at radius 1 is 1.16 bits per heavy atom. The zero-order chi connectivity index (χ0) is 14.1. The molecule has 0 amide bonds. The molecule has 0 aliphatic carbocycles. The summed E-state index contributed by atoms with van der Waals surface area (Å²) in [7, 11) is 1.66. The van der Waals surface area contributed by atoms with Gasteiger partial charge in [0.1, 0.15) is 0 Å². The van der Waals surface area contributed by atoms with Crippen LogP contribution in [0.5, 0.6) is 11.5 Å². The van der Waals surface area contributed by atoms with Gasteiger partial charge in [0.2, 0.25) is 0 Å². The van der Waals surface area contributed by atoms with Gasteiger partial charge in [0, 0.05) is 19.7 Å². The summed E-state index contributed by atoms with van der Waals surface area (Å²) in [5.41, 5.74) is 1.17. The summed E-state index contributed by atoms with van der Waals surface area (Å²) in [6.45, 7) is 9.05. The Labute approximate surface area is 116 Å². The van der Waals surface area contributed by atoms with Gasteiger partial charge in [-0.25, -0.2) is 0 Å². The number of hydrogen-bond acceptors (Lipinski definition) is 4. The summed E-state index contributed by atoms with van der Waals surface area (Å²) in [5.74, 6) is 1.57. The van der Waals surface area contributed by atoms with Gasteiger partial charge in [-0.2, -0.15) is 0 Å². The highest BCUT2D eigenvalue weighted by Gasteiger charge is 2.06. The molecule has 0 fully saturated rings. The van der Waals surface area contributed by atoms with Crippen molar-refractivity contribution in [3.05, 3.63) is 23.8 Å². The Hall–Kier alpha value is -1.26. The highest BCUT2D eigenvalue weighted by molar-refractivity contribution is 5.42. The van der Waals surface area contributed by atoms with Gasteiger partial charge in [-0.15, -0.1) is 0 Å². The topological polar surface area (TPSA) is 39.7 Å². The van der Waals surface area contributed by atoms with Crippen molar-refractivity contribution in [3.8, 4) is 11.5 Å². The van der Waals surface area contributed by atoms with E-state index in [0.29, 0.717) is 6.61 Å². The van der Waals surface area contributed by atoms with Crippen LogP contribution in [0.1, 0.15) is 26.3 Å². The largest absolute Gasteiger partial charge is 0.493 e. The van der Waals surface area contributed by atoms with E-state index in [0.717, 1.165) is 31.2 Å². The summed E-state index contributed by atoms with van der Waals surface area (Å²) in [5, 5.41) is 3.37. The van der Waals surface area contributed by atoms with Crippen molar-refractivity contribution in [1.29, 1.82) is 0 Å². The first-order chi connectivity index (χ1) is 9.21. The van der Waals surface area contributed by atoms with Crippen LogP contribution in [0.4, 0.5) is 0 Å². The summed E-state index contributed by atoms with van der Waals surface area (Å²) < 4.78 is 16.3. The number of rotatable bonds is 9. The minimum absolute atomic E-state index is 0.231. The third-order valence-electron chi connectivity index (χ3n) is 2.74. The number of ether oxygens (including phenoxy) is 3. The van der Waals surface area contributed by atoms with Gasteiger partial charge in [0.25, 0.3) is 0 Å². The molecule has 0 heterocycles. The molecule has 108 valence electrons. The fourth-order valence-electron chi connectivity index (χ4n) is 1.86.